The van der Waals surface area contributed by atoms with E-state index in [1.807, 2.05) is 30.3 Å². The molecular weight excluding hydrogens is 362 g/mol. The minimum Gasteiger partial charge on any atom is -0.507 e. The number of aromatic hydroxyl groups is 1. The van der Waals surface area contributed by atoms with E-state index in [1.165, 1.54) is 31.2 Å². The molecule has 0 bridgehead atoms. The summed E-state index contributed by atoms with van der Waals surface area (Å²) in [6, 6.07) is 22.7. The molecule has 0 amide bonds. The first kappa shape index (κ1) is 18.7. The van der Waals surface area contributed by atoms with Crippen LogP contribution in [-0.2, 0) is 6.42 Å². The third-order valence-electron chi connectivity index (χ3n) is 5.13. The maximum atomic E-state index is 10.6. The summed E-state index contributed by atoms with van der Waals surface area (Å²) in [6.45, 7) is 2.24. The van der Waals surface area contributed by atoms with Gasteiger partial charge < -0.3 is 5.11 Å². The highest BCUT2D eigenvalue weighted by molar-refractivity contribution is 7.21. The molecule has 0 aliphatic carbocycles. The fourth-order valence-electron chi connectivity index (χ4n) is 3.50. The maximum absolute atomic E-state index is 10.6. The van der Waals surface area contributed by atoms with Crippen molar-refractivity contribution in [2.45, 2.75) is 39.0 Å². The molecule has 3 aromatic carbocycles. The van der Waals surface area contributed by atoms with Crippen LogP contribution < -0.4 is 0 Å². The number of hydrogen-bond donors (Lipinski definition) is 1. The Balaban J connectivity index is 1.52. The first-order valence-electron chi connectivity index (χ1n) is 10.0. The minimum absolute atomic E-state index is 0.278. The lowest BCUT2D eigenvalue weighted by atomic mass is 10.00. The van der Waals surface area contributed by atoms with Crippen molar-refractivity contribution < 1.29 is 5.11 Å². The van der Waals surface area contributed by atoms with Gasteiger partial charge in [-0.25, -0.2) is 4.98 Å². The van der Waals surface area contributed by atoms with Gasteiger partial charge in [0, 0.05) is 0 Å². The minimum atomic E-state index is 0.278. The highest BCUT2D eigenvalue weighted by atomic mass is 32.1. The molecule has 1 N–H and O–H groups in total. The van der Waals surface area contributed by atoms with E-state index in [-0.39, 0.29) is 5.75 Å². The lowest BCUT2D eigenvalue weighted by molar-refractivity contribution is 0.477. The molecule has 0 atom stereocenters. The zero-order chi connectivity index (χ0) is 19.3. The molecule has 0 fully saturated rings. The van der Waals surface area contributed by atoms with Gasteiger partial charge in [0.2, 0.25) is 0 Å². The Bertz CT molecular complexity index is 1030. The second-order valence-corrected chi connectivity index (χ2v) is 8.26. The topological polar surface area (TPSA) is 33.1 Å². The van der Waals surface area contributed by atoms with Gasteiger partial charge in [-0.1, -0.05) is 68.7 Å². The van der Waals surface area contributed by atoms with E-state index in [1.54, 1.807) is 11.3 Å². The molecule has 0 spiro atoms. The van der Waals surface area contributed by atoms with Gasteiger partial charge in [-0.2, -0.15) is 0 Å². The van der Waals surface area contributed by atoms with E-state index in [4.69, 9.17) is 0 Å². The van der Waals surface area contributed by atoms with E-state index in [9.17, 15) is 5.11 Å². The number of nitrogens with zero attached hydrogens (tertiary/aromatic N) is 1. The lowest BCUT2D eigenvalue weighted by Crippen LogP contribution is -1.87. The second-order valence-electron chi connectivity index (χ2n) is 7.23. The first-order chi connectivity index (χ1) is 13.7. The third-order valence-corrected chi connectivity index (χ3v) is 6.20. The summed E-state index contributed by atoms with van der Waals surface area (Å²) in [7, 11) is 0. The van der Waals surface area contributed by atoms with Crippen molar-refractivity contribution in [2.24, 2.45) is 0 Å². The number of rotatable bonds is 7. The van der Waals surface area contributed by atoms with E-state index in [0.29, 0.717) is 0 Å². The molecule has 3 heteroatoms. The van der Waals surface area contributed by atoms with Crippen LogP contribution in [0.3, 0.4) is 0 Å². The number of phenols is 1. The number of phenolic OH excluding ortho intramolecular Hbond substituents is 1. The summed E-state index contributed by atoms with van der Waals surface area (Å²) in [4.78, 5) is 4.66. The molecule has 142 valence electrons. The maximum Gasteiger partial charge on any atom is 0.128 e. The predicted octanol–water partition coefficient (Wildman–Crippen LogP) is 7.46. The Labute approximate surface area is 170 Å². The fourth-order valence-corrected chi connectivity index (χ4v) is 4.50. The van der Waals surface area contributed by atoms with Crippen molar-refractivity contribution in [3.63, 3.8) is 0 Å². The second kappa shape index (κ2) is 8.57. The molecule has 0 aliphatic rings. The molecule has 28 heavy (non-hydrogen) atoms. The van der Waals surface area contributed by atoms with Crippen molar-refractivity contribution in [1.29, 1.82) is 0 Å². The molecule has 4 aromatic rings. The molecule has 0 saturated carbocycles. The van der Waals surface area contributed by atoms with Gasteiger partial charge in [0.25, 0.3) is 0 Å². The molecule has 1 aromatic heterocycles. The van der Waals surface area contributed by atoms with Gasteiger partial charge >= 0.3 is 0 Å². The number of hydrogen-bond acceptors (Lipinski definition) is 3. The first-order valence-corrected chi connectivity index (χ1v) is 10.8. The molecule has 1 heterocycles. The average Bonchev–Trinajstić information content (AvgIpc) is 3.15. The molecule has 0 unspecified atom stereocenters. The number of aromatic nitrogens is 1. The molecule has 0 radical (unpaired) electrons. The largest absolute Gasteiger partial charge is 0.507 e. The number of para-hydroxylation sites is 1. The standard InChI is InChI=1S/C25H25NOS/c1-2-3-4-5-8-18-11-13-19(14-12-18)20-15-16-21(23(27)17-20)25-26-22-9-6-7-10-24(22)28-25/h6-7,9-17,27H,2-5,8H2,1H3. The highest BCUT2D eigenvalue weighted by Crippen LogP contribution is 2.37. The van der Waals surface area contributed by atoms with Crippen LogP contribution in [0.1, 0.15) is 38.2 Å². The van der Waals surface area contributed by atoms with E-state index in [0.717, 1.165) is 38.3 Å². The zero-order valence-corrected chi connectivity index (χ0v) is 17.0. The van der Waals surface area contributed by atoms with Crippen molar-refractivity contribution >= 4 is 21.6 Å². The van der Waals surface area contributed by atoms with Gasteiger partial charge in [0.15, 0.2) is 0 Å². The van der Waals surface area contributed by atoms with Crippen LogP contribution >= 0.6 is 11.3 Å². The van der Waals surface area contributed by atoms with Crippen LogP contribution in [0.5, 0.6) is 5.75 Å². The molecule has 2 nitrogen and oxygen atoms in total. The summed E-state index contributed by atoms with van der Waals surface area (Å²) in [5.74, 6) is 0.278. The van der Waals surface area contributed by atoms with Gasteiger partial charge in [-0.15, -0.1) is 11.3 Å². The lowest BCUT2D eigenvalue weighted by Gasteiger charge is -2.07. The normalized spacial score (nSPS) is 11.2. The molecular formula is C25H25NOS. The van der Waals surface area contributed by atoms with E-state index in [2.05, 4.69) is 48.3 Å². The van der Waals surface area contributed by atoms with Crippen molar-refractivity contribution in [3.05, 3.63) is 72.3 Å². The van der Waals surface area contributed by atoms with Crippen molar-refractivity contribution in [1.82, 2.24) is 4.98 Å². The van der Waals surface area contributed by atoms with Crippen molar-refractivity contribution in [3.8, 4) is 27.4 Å². The number of unbranched alkanes of at least 4 members (excludes halogenated alkanes) is 3. The zero-order valence-electron chi connectivity index (χ0n) is 16.2. The Morgan fingerprint density at radius 3 is 2.39 bits per heavy atom. The van der Waals surface area contributed by atoms with Gasteiger partial charge in [-0.3, -0.25) is 0 Å². The summed E-state index contributed by atoms with van der Waals surface area (Å²) < 4.78 is 1.13. The molecule has 4 rings (SSSR count). The molecule has 0 aliphatic heterocycles. The number of fused-ring (bicyclic) bond motifs is 1. The Morgan fingerprint density at radius 2 is 1.64 bits per heavy atom. The van der Waals surface area contributed by atoms with Crippen LogP contribution in [-0.4, -0.2) is 10.1 Å². The summed E-state index contributed by atoms with van der Waals surface area (Å²) in [6.07, 6.45) is 6.29. The summed E-state index contributed by atoms with van der Waals surface area (Å²) >= 11 is 1.61. The van der Waals surface area contributed by atoms with Gasteiger partial charge in [0.1, 0.15) is 10.8 Å². The Hall–Kier alpha value is -2.65. The number of aryl methyl sites for hydroxylation is 1. The smallest absolute Gasteiger partial charge is 0.128 e. The highest BCUT2D eigenvalue weighted by Gasteiger charge is 2.11. The third kappa shape index (κ3) is 4.10. The monoisotopic (exact) mass is 387 g/mol. The fraction of sp³-hybridized carbons (Fsp3) is 0.240. The SMILES string of the molecule is CCCCCCc1ccc(-c2ccc(-c3nc4ccccc4s3)c(O)c2)cc1. The quantitative estimate of drug-likeness (QED) is 0.334. The van der Waals surface area contributed by atoms with Crippen LogP contribution in [0.2, 0.25) is 0 Å². The average molecular weight is 388 g/mol. The van der Waals surface area contributed by atoms with E-state index >= 15 is 0 Å². The van der Waals surface area contributed by atoms with Crippen LogP contribution in [0.25, 0.3) is 31.9 Å². The van der Waals surface area contributed by atoms with Crippen LogP contribution in [0.4, 0.5) is 0 Å². The number of benzene rings is 3. The van der Waals surface area contributed by atoms with Crippen LogP contribution in [0.15, 0.2) is 66.7 Å². The molecule has 0 saturated heterocycles. The Kier molecular flexibility index (Phi) is 5.73. The Morgan fingerprint density at radius 1 is 0.857 bits per heavy atom. The van der Waals surface area contributed by atoms with Gasteiger partial charge in [0.05, 0.1) is 15.8 Å². The van der Waals surface area contributed by atoms with Crippen LogP contribution in [0, 0.1) is 0 Å². The summed E-state index contributed by atoms with van der Waals surface area (Å²) in [5, 5.41) is 11.5. The number of thiazole rings is 1. The summed E-state index contributed by atoms with van der Waals surface area (Å²) in [5.41, 5.74) is 5.30. The van der Waals surface area contributed by atoms with E-state index < -0.39 is 0 Å². The van der Waals surface area contributed by atoms with Gasteiger partial charge in [-0.05, 0) is 53.8 Å². The van der Waals surface area contributed by atoms with Crippen molar-refractivity contribution in [2.75, 3.05) is 0 Å². The predicted molar refractivity (Wildman–Crippen MR) is 120 cm³/mol.